The van der Waals surface area contributed by atoms with E-state index in [0.29, 0.717) is 24.3 Å². The number of thiazole rings is 1. The SMILES string of the molecule is CCCCC(OCc1ccc(C(=O)NC(CCSC)C(=O)O)c(-c2ccccc2C)c1)c1scnc1C. The van der Waals surface area contributed by atoms with Crippen LogP contribution in [0.25, 0.3) is 11.1 Å². The van der Waals surface area contributed by atoms with Gasteiger partial charge in [-0.25, -0.2) is 9.78 Å². The fourth-order valence-corrected chi connectivity index (χ4v) is 5.56. The second-order valence-electron chi connectivity index (χ2n) is 9.08. The smallest absolute Gasteiger partial charge is 0.326 e. The zero-order valence-corrected chi connectivity index (χ0v) is 23.6. The molecule has 3 rings (SSSR count). The van der Waals surface area contributed by atoms with E-state index in [2.05, 4.69) is 17.2 Å². The number of carbonyl (C=O) groups excluding carboxylic acids is 1. The van der Waals surface area contributed by atoms with E-state index in [9.17, 15) is 14.7 Å². The molecule has 2 unspecified atom stereocenters. The molecule has 0 aliphatic carbocycles. The Kier molecular flexibility index (Phi) is 11.2. The molecular weight excluding hydrogens is 504 g/mol. The highest BCUT2D eigenvalue weighted by molar-refractivity contribution is 7.98. The van der Waals surface area contributed by atoms with Gasteiger partial charge in [0, 0.05) is 5.56 Å². The highest BCUT2D eigenvalue weighted by Gasteiger charge is 2.23. The predicted octanol–water partition coefficient (Wildman–Crippen LogP) is 6.81. The first-order valence-electron chi connectivity index (χ1n) is 12.6. The number of aromatic nitrogens is 1. The first-order valence-corrected chi connectivity index (χ1v) is 14.9. The lowest BCUT2D eigenvalue weighted by molar-refractivity contribution is -0.139. The van der Waals surface area contributed by atoms with Gasteiger partial charge in [-0.1, -0.05) is 50.1 Å². The average Bonchev–Trinajstić information content (AvgIpc) is 3.32. The highest BCUT2D eigenvalue weighted by Crippen LogP contribution is 2.32. The van der Waals surface area contributed by atoms with E-state index in [1.54, 1.807) is 29.2 Å². The van der Waals surface area contributed by atoms with Gasteiger partial charge in [0.1, 0.15) is 6.04 Å². The number of hydrogen-bond donors (Lipinski definition) is 2. The number of nitrogens with one attached hydrogen (secondary N) is 1. The van der Waals surface area contributed by atoms with E-state index in [4.69, 9.17) is 4.74 Å². The van der Waals surface area contributed by atoms with Crippen molar-refractivity contribution in [2.45, 2.75) is 65.2 Å². The number of benzene rings is 2. The van der Waals surface area contributed by atoms with Crippen LogP contribution >= 0.6 is 23.1 Å². The van der Waals surface area contributed by atoms with Gasteiger partial charge < -0.3 is 15.2 Å². The zero-order chi connectivity index (χ0) is 26.8. The van der Waals surface area contributed by atoms with Crippen LogP contribution in [-0.2, 0) is 16.1 Å². The fraction of sp³-hybridized carbons (Fsp3) is 0.414. The molecule has 3 aromatic rings. The summed E-state index contributed by atoms with van der Waals surface area (Å²) in [7, 11) is 0. The number of ether oxygens (including phenoxy) is 1. The Balaban J connectivity index is 1.90. The molecule has 198 valence electrons. The standard InChI is InChI=1S/C29H36N2O4S2/c1-5-6-11-26(27-20(3)30-18-37-27)35-17-21-12-13-23(24(16-21)22-10-8-7-9-19(22)2)28(32)31-25(29(33)34)14-15-36-4/h7-10,12-13,16,18,25-26H,5-6,11,14-15,17H2,1-4H3,(H,31,32)(H,33,34). The summed E-state index contributed by atoms with van der Waals surface area (Å²) >= 11 is 3.18. The lowest BCUT2D eigenvalue weighted by Gasteiger charge is -2.19. The van der Waals surface area contributed by atoms with Crippen molar-refractivity contribution in [1.29, 1.82) is 0 Å². The normalized spacial score (nSPS) is 12.8. The van der Waals surface area contributed by atoms with Gasteiger partial charge >= 0.3 is 5.97 Å². The van der Waals surface area contributed by atoms with Crippen LogP contribution in [0.1, 0.15) is 70.8 Å². The van der Waals surface area contributed by atoms with Crippen LogP contribution in [0.2, 0.25) is 0 Å². The molecule has 2 atom stereocenters. The molecule has 1 heterocycles. The largest absolute Gasteiger partial charge is 0.480 e. The van der Waals surface area contributed by atoms with E-state index in [1.165, 1.54) is 0 Å². The molecule has 0 saturated heterocycles. The molecule has 1 amide bonds. The summed E-state index contributed by atoms with van der Waals surface area (Å²) in [4.78, 5) is 30.6. The van der Waals surface area contributed by atoms with Crippen molar-refractivity contribution in [3.63, 3.8) is 0 Å². The summed E-state index contributed by atoms with van der Waals surface area (Å²) in [5.74, 6) is -0.766. The number of carboxylic acid groups (broad SMARTS) is 1. The molecular formula is C29H36N2O4S2. The van der Waals surface area contributed by atoms with Crippen molar-refractivity contribution >= 4 is 35.0 Å². The summed E-state index contributed by atoms with van der Waals surface area (Å²) in [6.07, 6.45) is 5.34. The van der Waals surface area contributed by atoms with Gasteiger partial charge in [-0.2, -0.15) is 11.8 Å². The van der Waals surface area contributed by atoms with Gasteiger partial charge in [0.05, 0.1) is 28.8 Å². The summed E-state index contributed by atoms with van der Waals surface area (Å²) in [5, 5.41) is 12.3. The number of thioether (sulfide) groups is 1. The molecule has 1 aromatic heterocycles. The summed E-state index contributed by atoms with van der Waals surface area (Å²) < 4.78 is 6.41. The van der Waals surface area contributed by atoms with Gasteiger partial charge in [-0.3, -0.25) is 4.79 Å². The minimum absolute atomic E-state index is 0.0231. The number of aryl methyl sites for hydroxylation is 2. The Morgan fingerprint density at radius 3 is 2.57 bits per heavy atom. The van der Waals surface area contributed by atoms with E-state index in [1.807, 2.05) is 62.0 Å². The predicted molar refractivity (Wildman–Crippen MR) is 152 cm³/mol. The maximum Gasteiger partial charge on any atom is 0.326 e. The summed E-state index contributed by atoms with van der Waals surface area (Å²) in [6.45, 7) is 6.59. The molecule has 6 nitrogen and oxygen atoms in total. The fourth-order valence-electron chi connectivity index (χ4n) is 4.20. The van der Waals surface area contributed by atoms with Gasteiger partial charge in [0.2, 0.25) is 0 Å². The van der Waals surface area contributed by atoms with Crippen LogP contribution in [0.4, 0.5) is 0 Å². The Bertz CT molecular complexity index is 1190. The number of unbranched alkanes of at least 4 members (excludes halogenated alkanes) is 1. The van der Waals surface area contributed by atoms with Crippen LogP contribution < -0.4 is 5.32 Å². The molecule has 2 aromatic carbocycles. The van der Waals surface area contributed by atoms with Crippen LogP contribution in [0.15, 0.2) is 48.0 Å². The average molecular weight is 541 g/mol. The van der Waals surface area contributed by atoms with Crippen LogP contribution in [0.3, 0.4) is 0 Å². The van der Waals surface area contributed by atoms with Crippen molar-refractivity contribution in [3.05, 3.63) is 75.2 Å². The Morgan fingerprint density at radius 1 is 1.14 bits per heavy atom. The van der Waals surface area contributed by atoms with Crippen molar-refractivity contribution in [3.8, 4) is 11.1 Å². The van der Waals surface area contributed by atoms with Crippen molar-refractivity contribution < 1.29 is 19.4 Å². The minimum atomic E-state index is -1.03. The van der Waals surface area contributed by atoms with Gasteiger partial charge in [-0.05, 0) is 73.1 Å². The quantitative estimate of drug-likeness (QED) is 0.233. The third-order valence-electron chi connectivity index (χ3n) is 6.32. The van der Waals surface area contributed by atoms with Crippen molar-refractivity contribution in [2.75, 3.05) is 12.0 Å². The third kappa shape index (κ3) is 7.90. The molecule has 0 radical (unpaired) electrons. The number of hydrogen-bond acceptors (Lipinski definition) is 6. The molecule has 37 heavy (non-hydrogen) atoms. The van der Waals surface area contributed by atoms with Crippen molar-refractivity contribution in [1.82, 2.24) is 10.3 Å². The number of carbonyl (C=O) groups is 2. The Labute approximate surface area is 227 Å². The molecule has 0 bridgehead atoms. The molecule has 0 aliphatic heterocycles. The molecule has 8 heteroatoms. The van der Waals surface area contributed by atoms with Crippen molar-refractivity contribution in [2.24, 2.45) is 0 Å². The van der Waals surface area contributed by atoms with Gasteiger partial charge in [-0.15, -0.1) is 11.3 Å². The zero-order valence-electron chi connectivity index (χ0n) is 22.0. The second kappa shape index (κ2) is 14.3. The maximum absolute atomic E-state index is 13.3. The first-order chi connectivity index (χ1) is 17.8. The Morgan fingerprint density at radius 2 is 1.92 bits per heavy atom. The number of amides is 1. The highest BCUT2D eigenvalue weighted by atomic mass is 32.2. The molecule has 0 aliphatic rings. The van der Waals surface area contributed by atoms with E-state index in [-0.39, 0.29) is 12.0 Å². The van der Waals surface area contributed by atoms with Crippen LogP contribution in [-0.4, -0.2) is 40.0 Å². The second-order valence-corrected chi connectivity index (χ2v) is 11.0. The number of nitrogens with zero attached hydrogens (tertiary/aromatic N) is 1. The number of aliphatic carboxylic acids is 1. The monoisotopic (exact) mass is 540 g/mol. The minimum Gasteiger partial charge on any atom is -0.480 e. The van der Waals surface area contributed by atoms with E-state index in [0.717, 1.165) is 52.1 Å². The third-order valence-corrected chi connectivity index (χ3v) is 7.99. The topological polar surface area (TPSA) is 88.5 Å². The lowest BCUT2D eigenvalue weighted by atomic mass is 9.93. The van der Waals surface area contributed by atoms with Gasteiger partial charge in [0.15, 0.2) is 0 Å². The van der Waals surface area contributed by atoms with Gasteiger partial charge in [0.25, 0.3) is 5.91 Å². The summed E-state index contributed by atoms with van der Waals surface area (Å²) in [5.41, 5.74) is 7.02. The number of rotatable bonds is 14. The van der Waals surface area contributed by atoms with E-state index >= 15 is 0 Å². The Hall–Kier alpha value is -2.68. The number of carboxylic acids is 1. The van der Waals surface area contributed by atoms with E-state index < -0.39 is 12.0 Å². The first kappa shape index (κ1) is 28.9. The maximum atomic E-state index is 13.3. The molecule has 0 spiro atoms. The summed E-state index contributed by atoms with van der Waals surface area (Å²) in [6, 6.07) is 12.6. The van der Waals surface area contributed by atoms with Crippen LogP contribution in [0, 0.1) is 13.8 Å². The van der Waals surface area contributed by atoms with Crippen LogP contribution in [0.5, 0.6) is 0 Å². The molecule has 2 N–H and O–H groups in total. The molecule has 0 fully saturated rings. The lowest BCUT2D eigenvalue weighted by Crippen LogP contribution is -2.41. The molecule has 0 saturated carbocycles.